The van der Waals surface area contributed by atoms with Gasteiger partial charge in [-0.2, -0.15) is 0 Å². The van der Waals surface area contributed by atoms with Crippen molar-refractivity contribution in [3.05, 3.63) is 0 Å². The van der Waals surface area contributed by atoms with Gasteiger partial charge >= 0.3 is 0 Å². The van der Waals surface area contributed by atoms with Gasteiger partial charge in [0, 0.05) is 6.42 Å². The van der Waals surface area contributed by atoms with Crippen LogP contribution in [0.25, 0.3) is 0 Å². The number of hydroxylamine groups is 1. The molecule has 0 aliphatic carbocycles. The highest BCUT2D eigenvalue weighted by Crippen LogP contribution is 1.82. The van der Waals surface area contributed by atoms with Crippen molar-refractivity contribution in [3.63, 3.8) is 0 Å². The lowest BCUT2D eigenvalue weighted by Gasteiger charge is -1.93. The number of nitrogens with two attached hydrogens (primary N) is 1. The van der Waals surface area contributed by atoms with Crippen LogP contribution in [-0.2, 0) is 4.79 Å². The Morgan fingerprint density at radius 2 is 2.22 bits per heavy atom. The number of halogens is 1. The van der Waals surface area contributed by atoms with E-state index in [1.54, 1.807) is 0 Å². The molecule has 1 amide bonds. The number of carbonyl (C=O) groups is 1. The number of nitrogens with one attached hydrogen (secondary N) is 1. The van der Waals surface area contributed by atoms with Gasteiger partial charge in [-0.3, -0.25) is 10.0 Å². The van der Waals surface area contributed by atoms with E-state index in [9.17, 15) is 4.79 Å². The number of hydrogen-bond acceptors (Lipinski definition) is 3. The summed E-state index contributed by atoms with van der Waals surface area (Å²) < 4.78 is 0. The molecular formula is C4H11ClN2O2. The lowest BCUT2D eigenvalue weighted by atomic mass is 10.3. The third kappa shape index (κ3) is 7.68. The smallest absolute Gasteiger partial charge is 0.243 e. The van der Waals surface area contributed by atoms with E-state index in [1.165, 1.54) is 5.48 Å². The van der Waals surface area contributed by atoms with Crippen LogP contribution in [0.5, 0.6) is 0 Å². The molecule has 56 valence electrons. The molecule has 0 rings (SSSR count). The lowest BCUT2D eigenvalue weighted by Crippen LogP contribution is -2.19. The van der Waals surface area contributed by atoms with E-state index in [-0.39, 0.29) is 18.3 Å². The van der Waals surface area contributed by atoms with Gasteiger partial charge < -0.3 is 5.73 Å². The largest absolute Gasteiger partial charge is 0.330 e. The van der Waals surface area contributed by atoms with Crippen LogP contribution < -0.4 is 11.2 Å². The minimum Gasteiger partial charge on any atom is -0.330 e. The fourth-order valence-electron chi connectivity index (χ4n) is 0.319. The third-order valence-corrected chi connectivity index (χ3v) is 0.733. The Morgan fingerprint density at radius 3 is 2.56 bits per heavy atom. The zero-order chi connectivity index (χ0) is 6.41. The van der Waals surface area contributed by atoms with Crippen molar-refractivity contribution in [3.8, 4) is 0 Å². The summed E-state index contributed by atoms with van der Waals surface area (Å²) in [5, 5.41) is 7.92. The Bertz CT molecular complexity index is 79.0. The zero-order valence-corrected chi connectivity index (χ0v) is 5.78. The Balaban J connectivity index is 0. The quantitative estimate of drug-likeness (QED) is 0.384. The average Bonchev–Trinajstić information content (AvgIpc) is 1.83. The maximum absolute atomic E-state index is 10.2. The van der Waals surface area contributed by atoms with E-state index in [1.807, 2.05) is 0 Å². The Morgan fingerprint density at radius 1 is 1.67 bits per heavy atom. The maximum Gasteiger partial charge on any atom is 0.243 e. The molecule has 0 aliphatic rings. The Hall–Kier alpha value is -0.320. The van der Waals surface area contributed by atoms with Gasteiger partial charge in [0.2, 0.25) is 5.91 Å². The molecule has 0 unspecified atom stereocenters. The van der Waals surface area contributed by atoms with Crippen LogP contribution in [0.2, 0.25) is 0 Å². The monoisotopic (exact) mass is 154 g/mol. The van der Waals surface area contributed by atoms with Gasteiger partial charge in [-0.15, -0.1) is 12.4 Å². The van der Waals surface area contributed by atoms with Crippen molar-refractivity contribution in [2.45, 2.75) is 12.8 Å². The first kappa shape index (κ1) is 11.5. The van der Waals surface area contributed by atoms with E-state index < -0.39 is 0 Å². The van der Waals surface area contributed by atoms with Crippen molar-refractivity contribution >= 4 is 18.3 Å². The topological polar surface area (TPSA) is 75.4 Å². The highest BCUT2D eigenvalue weighted by atomic mass is 35.5. The second-order valence-electron chi connectivity index (χ2n) is 1.43. The first-order valence-corrected chi connectivity index (χ1v) is 2.44. The summed E-state index contributed by atoms with van der Waals surface area (Å²) in [5.41, 5.74) is 6.58. The van der Waals surface area contributed by atoms with Crippen molar-refractivity contribution in [2.75, 3.05) is 6.54 Å². The van der Waals surface area contributed by atoms with Gasteiger partial charge in [0.15, 0.2) is 0 Å². The molecule has 0 aromatic heterocycles. The molecule has 0 saturated heterocycles. The first-order valence-electron chi connectivity index (χ1n) is 2.44. The normalized spacial score (nSPS) is 7.78. The van der Waals surface area contributed by atoms with E-state index in [0.29, 0.717) is 19.4 Å². The molecule has 0 atom stereocenters. The molecule has 5 heteroatoms. The third-order valence-electron chi connectivity index (χ3n) is 0.733. The molecule has 0 bridgehead atoms. The summed E-state index contributed by atoms with van der Waals surface area (Å²) in [6.45, 7) is 0.480. The molecule has 0 spiro atoms. The molecule has 0 aromatic carbocycles. The molecule has 4 nitrogen and oxygen atoms in total. The lowest BCUT2D eigenvalue weighted by molar-refractivity contribution is -0.129. The van der Waals surface area contributed by atoms with Crippen LogP contribution in [-0.4, -0.2) is 17.7 Å². The predicted octanol–water partition coefficient (Wildman–Crippen LogP) is -0.348. The molecule has 0 fully saturated rings. The molecule has 0 saturated carbocycles. The van der Waals surface area contributed by atoms with E-state index in [2.05, 4.69) is 0 Å². The van der Waals surface area contributed by atoms with Gasteiger partial charge in [0.25, 0.3) is 0 Å². The fourth-order valence-corrected chi connectivity index (χ4v) is 0.319. The summed E-state index contributed by atoms with van der Waals surface area (Å²) in [7, 11) is 0. The van der Waals surface area contributed by atoms with Crippen molar-refractivity contribution in [1.29, 1.82) is 0 Å². The van der Waals surface area contributed by atoms with Gasteiger partial charge in [0.1, 0.15) is 0 Å². The summed E-state index contributed by atoms with van der Waals surface area (Å²) >= 11 is 0. The molecule has 0 aliphatic heterocycles. The van der Waals surface area contributed by atoms with Crippen molar-refractivity contribution in [2.24, 2.45) is 5.73 Å². The van der Waals surface area contributed by atoms with Gasteiger partial charge in [0.05, 0.1) is 0 Å². The van der Waals surface area contributed by atoms with Crippen LogP contribution in [0.4, 0.5) is 0 Å². The van der Waals surface area contributed by atoms with Gasteiger partial charge in [-0.05, 0) is 13.0 Å². The van der Waals surface area contributed by atoms with E-state index in [0.717, 1.165) is 0 Å². The Kier molecular flexibility index (Phi) is 9.79. The number of amides is 1. The van der Waals surface area contributed by atoms with E-state index in [4.69, 9.17) is 10.9 Å². The van der Waals surface area contributed by atoms with Crippen molar-refractivity contribution in [1.82, 2.24) is 5.48 Å². The van der Waals surface area contributed by atoms with Gasteiger partial charge in [-0.25, -0.2) is 5.48 Å². The standard InChI is InChI=1S/C4H10N2O2.ClH/c5-3-1-2-4(7)6-8;/h8H,1-3,5H2,(H,6,7);1H. The molecule has 0 radical (unpaired) electrons. The van der Waals surface area contributed by atoms with Crippen LogP contribution in [0.1, 0.15) is 12.8 Å². The van der Waals surface area contributed by atoms with Gasteiger partial charge in [-0.1, -0.05) is 0 Å². The summed E-state index contributed by atoms with van der Waals surface area (Å²) in [5.74, 6) is -0.379. The number of hydrogen-bond donors (Lipinski definition) is 3. The first-order chi connectivity index (χ1) is 3.81. The summed E-state index contributed by atoms with van der Waals surface area (Å²) in [4.78, 5) is 10.2. The SMILES string of the molecule is Cl.NCCCC(=O)NO. The zero-order valence-electron chi connectivity index (χ0n) is 4.96. The molecule has 0 heterocycles. The molecule has 0 aromatic rings. The second kappa shape index (κ2) is 7.68. The summed E-state index contributed by atoms with van der Waals surface area (Å²) in [6.07, 6.45) is 0.916. The van der Waals surface area contributed by atoms with Crippen LogP contribution in [0.3, 0.4) is 0 Å². The van der Waals surface area contributed by atoms with E-state index >= 15 is 0 Å². The number of rotatable bonds is 3. The molecule has 4 N–H and O–H groups in total. The predicted molar refractivity (Wildman–Crippen MR) is 35.5 cm³/mol. The highest BCUT2D eigenvalue weighted by Gasteiger charge is 1.94. The summed E-state index contributed by atoms with van der Waals surface area (Å²) in [6, 6.07) is 0. The van der Waals surface area contributed by atoms with Crippen LogP contribution in [0, 0.1) is 0 Å². The van der Waals surface area contributed by atoms with Crippen molar-refractivity contribution < 1.29 is 10.0 Å². The maximum atomic E-state index is 10.2. The minimum atomic E-state index is -0.379. The van der Waals surface area contributed by atoms with Crippen LogP contribution in [0.15, 0.2) is 0 Å². The second-order valence-corrected chi connectivity index (χ2v) is 1.43. The molecule has 9 heavy (non-hydrogen) atoms. The Labute approximate surface area is 59.8 Å². The highest BCUT2D eigenvalue weighted by molar-refractivity contribution is 5.85. The van der Waals surface area contributed by atoms with Crippen LogP contribution >= 0.6 is 12.4 Å². The number of carbonyl (C=O) groups excluding carboxylic acids is 1. The molecular weight excluding hydrogens is 144 g/mol. The fraction of sp³-hybridized carbons (Fsp3) is 0.750. The minimum absolute atomic E-state index is 0. The average molecular weight is 155 g/mol.